The van der Waals surface area contributed by atoms with Crippen LogP contribution in [0.2, 0.25) is 0 Å². The maximum absolute atomic E-state index is 10.2. The first-order valence-electron chi connectivity index (χ1n) is 11.7. The number of carbonyl (C=O) groups is 1. The van der Waals surface area contributed by atoms with E-state index in [1.807, 2.05) is 0 Å². The third-order valence-corrected chi connectivity index (χ3v) is 5.24. The highest BCUT2D eigenvalue weighted by atomic mass is 32.2. The Kier molecular flexibility index (Phi) is 28.7. The number of carbonyl (C=O) groups excluding carboxylic acids is 1. The lowest BCUT2D eigenvalue weighted by atomic mass is 10.0. The van der Waals surface area contributed by atoms with E-state index < -0.39 is 17.3 Å². The van der Waals surface area contributed by atoms with Crippen LogP contribution in [-0.4, -0.2) is 21.3 Å². The Morgan fingerprint density at radius 3 is 1.31 bits per heavy atom. The average molecular weight is 433 g/mol. The lowest BCUT2D eigenvalue weighted by molar-refractivity contribution is -0.113. The van der Waals surface area contributed by atoms with Gasteiger partial charge in [0.25, 0.3) is 0 Å². The van der Waals surface area contributed by atoms with E-state index in [1.165, 1.54) is 103 Å². The summed E-state index contributed by atoms with van der Waals surface area (Å²) in [4.78, 5) is 9.47. The summed E-state index contributed by atoms with van der Waals surface area (Å²) in [5.74, 6) is -0.481. The summed E-state index contributed by atoms with van der Waals surface area (Å²) in [5.41, 5.74) is 4.53. The lowest BCUT2D eigenvalue weighted by Crippen LogP contribution is -2.04. The Balaban J connectivity index is 0. The minimum atomic E-state index is -2.33. The third-order valence-electron chi connectivity index (χ3n) is 4.88. The van der Waals surface area contributed by atoms with E-state index in [9.17, 15) is 13.6 Å². The van der Waals surface area contributed by atoms with Gasteiger partial charge in [-0.3, -0.25) is 4.79 Å². The van der Waals surface area contributed by atoms with Crippen LogP contribution in [0.4, 0.5) is 0 Å². The SMILES string of the molecule is C=CC(N)=O.CCCCCCCCCCCCCCCCCCCCOS(=O)[O-]. The summed E-state index contributed by atoms with van der Waals surface area (Å²) in [6, 6.07) is 0. The highest BCUT2D eigenvalue weighted by Gasteiger charge is 1.95. The molecule has 0 saturated carbocycles. The molecule has 0 rings (SSSR count). The first-order valence-corrected chi connectivity index (χ1v) is 12.7. The number of amides is 1. The van der Waals surface area contributed by atoms with E-state index in [4.69, 9.17) is 0 Å². The second-order valence-corrected chi connectivity index (χ2v) is 8.29. The maximum atomic E-state index is 10.2. The third kappa shape index (κ3) is 35.1. The van der Waals surface area contributed by atoms with Crippen molar-refractivity contribution in [3.63, 3.8) is 0 Å². The Hall–Kier alpha value is -0.720. The Morgan fingerprint density at radius 1 is 0.793 bits per heavy atom. The normalized spacial score (nSPS) is 11.5. The van der Waals surface area contributed by atoms with Crippen molar-refractivity contribution in [2.45, 2.75) is 122 Å². The Morgan fingerprint density at radius 2 is 1.07 bits per heavy atom. The number of rotatable bonds is 21. The highest BCUT2D eigenvalue weighted by molar-refractivity contribution is 7.74. The van der Waals surface area contributed by atoms with Gasteiger partial charge in [0.1, 0.15) is 0 Å². The topological polar surface area (TPSA) is 92.5 Å². The van der Waals surface area contributed by atoms with Crippen molar-refractivity contribution >= 4 is 17.3 Å². The van der Waals surface area contributed by atoms with E-state index in [1.54, 1.807) is 0 Å². The average Bonchev–Trinajstić information content (AvgIpc) is 2.70. The van der Waals surface area contributed by atoms with Crippen LogP contribution in [0.3, 0.4) is 0 Å². The monoisotopic (exact) mass is 432 g/mol. The van der Waals surface area contributed by atoms with E-state index in [-0.39, 0.29) is 0 Å². The zero-order chi connectivity index (χ0) is 22.0. The zero-order valence-corrected chi connectivity index (χ0v) is 19.7. The van der Waals surface area contributed by atoms with Crippen molar-refractivity contribution in [1.82, 2.24) is 0 Å². The lowest BCUT2D eigenvalue weighted by Gasteiger charge is -2.05. The van der Waals surface area contributed by atoms with Gasteiger partial charge in [-0.2, -0.15) is 0 Å². The molecule has 0 aliphatic rings. The quantitative estimate of drug-likeness (QED) is 0.127. The van der Waals surface area contributed by atoms with E-state index in [2.05, 4.69) is 23.4 Å². The first kappa shape index (κ1) is 30.5. The van der Waals surface area contributed by atoms with Crippen LogP contribution in [0.5, 0.6) is 0 Å². The minimum absolute atomic E-state index is 0.342. The summed E-state index contributed by atoms with van der Waals surface area (Å²) < 4.78 is 24.8. The second kappa shape index (κ2) is 27.3. The molecule has 1 atom stereocenters. The first-order chi connectivity index (χ1) is 14.0. The number of hydrogen-bond donors (Lipinski definition) is 1. The van der Waals surface area contributed by atoms with E-state index in [0.29, 0.717) is 6.61 Å². The standard InChI is InChI=1S/C20H42O3S.C3H5NO/c1-2-3-4-5-6-7-8-9-10-11-12-13-14-15-16-17-18-19-20-23-24(21)22;1-2-3(4)5/h2-20H2,1H3,(H,21,22);2H,1H2,(H2,4,5)/p-1. The van der Waals surface area contributed by atoms with Crippen molar-refractivity contribution in [2.24, 2.45) is 5.73 Å². The molecule has 0 heterocycles. The molecule has 29 heavy (non-hydrogen) atoms. The highest BCUT2D eigenvalue weighted by Crippen LogP contribution is 2.14. The zero-order valence-electron chi connectivity index (χ0n) is 18.8. The number of hydrogen-bond acceptors (Lipinski definition) is 4. The molecule has 0 aliphatic heterocycles. The van der Waals surface area contributed by atoms with Crippen LogP contribution in [0.15, 0.2) is 12.7 Å². The fourth-order valence-corrected chi connectivity index (χ4v) is 3.38. The summed E-state index contributed by atoms with van der Waals surface area (Å²) in [6.45, 7) is 5.71. The van der Waals surface area contributed by atoms with Crippen LogP contribution < -0.4 is 5.73 Å². The van der Waals surface area contributed by atoms with Gasteiger partial charge in [-0.25, -0.2) is 4.21 Å². The van der Waals surface area contributed by atoms with Crippen molar-refractivity contribution in [1.29, 1.82) is 0 Å². The van der Waals surface area contributed by atoms with Gasteiger partial charge >= 0.3 is 0 Å². The van der Waals surface area contributed by atoms with Crippen LogP contribution in [-0.2, 0) is 20.3 Å². The predicted octanol–water partition coefficient (Wildman–Crippen LogP) is 6.50. The maximum Gasteiger partial charge on any atom is 0.240 e. The number of primary amides is 1. The minimum Gasteiger partial charge on any atom is -0.750 e. The molecule has 0 fully saturated rings. The second-order valence-electron chi connectivity index (χ2n) is 7.64. The summed E-state index contributed by atoms with van der Waals surface area (Å²) >= 11 is -2.33. The van der Waals surface area contributed by atoms with Crippen LogP contribution in [0, 0.1) is 0 Å². The van der Waals surface area contributed by atoms with Crippen molar-refractivity contribution in [2.75, 3.05) is 6.61 Å². The molecule has 6 heteroatoms. The predicted molar refractivity (Wildman–Crippen MR) is 123 cm³/mol. The van der Waals surface area contributed by atoms with Gasteiger partial charge in [-0.05, 0) is 12.5 Å². The summed E-state index contributed by atoms with van der Waals surface area (Å²) in [5, 5.41) is 0. The summed E-state index contributed by atoms with van der Waals surface area (Å²) in [7, 11) is 0. The molecule has 174 valence electrons. The van der Waals surface area contributed by atoms with Crippen LogP contribution in [0.1, 0.15) is 122 Å². The molecular formula is C23H46NO4S-. The van der Waals surface area contributed by atoms with Crippen molar-refractivity contribution < 1.29 is 17.7 Å². The molecular weight excluding hydrogens is 386 g/mol. The number of nitrogens with two attached hydrogens (primary N) is 1. The smallest absolute Gasteiger partial charge is 0.240 e. The van der Waals surface area contributed by atoms with Gasteiger partial charge in [0.2, 0.25) is 5.91 Å². The van der Waals surface area contributed by atoms with E-state index in [0.717, 1.165) is 18.9 Å². The van der Waals surface area contributed by atoms with Gasteiger partial charge in [-0.15, -0.1) is 0 Å². The largest absolute Gasteiger partial charge is 0.750 e. The molecule has 0 aromatic heterocycles. The molecule has 0 spiro atoms. The molecule has 0 aromatic rings. The molecule has 5 nitrogen and oxygen atoms in total. The molecule has 0 bridgehead atoms. The van der Waals surface area contributed by atoms with Crippen molar-refractivity contribution in [3.8, 4) is 0 Å². The Labute approximate surface area is 182 Å². The molecule has 0 saturated heterocycles. The van der Waals surface area contributed by atoms with Gasteiger partial charge in [-0.1, -0.05) is 123 Å². The van der Waals surface area contributed by atoms with Crippen LogP contribution in [0.25, 0.3) is 0 Å². The van der Waals surface area contributed by atoms with E-state index >= 15 is 0 Å². The molecule has 0 aromatic carbocycles. The van der Waals surface area contributed by atoms with Crippen LogP contribution >= 0.6 is 0 Å². The fourth-order valence-electron chi connectivity index (χ4n) is 3.13. The van der Waals surface area contributed by atoms with Gasteiger partial charge in [0.15, 0.2) is 0 Å². The van der Waals surface area contributed by atoms with Gasteiger partial charge in [0.05, 0.1) is 18.0 Å². The number of unbranched alkanes of at least 4 members (excludes halogenated alkanes) is 17. The summed E-state index contributed by atoms with van der Waals surface area (Å²) in [6.07, 6.45) is 25.2. The van der Waals surface area contributed by atoms with Gasteiger partial charge < -0.3 is 14.5 Å². The molecule has 1 unspecified atom stereocenters. The Bertz CT molecular complexity index is 378. The fraction of sp³-hybridized carbons (Fsp3) is 0.870. The molecule has 0 aliphatic carbocycles. The van der Waals surface area contributed by atoms with Gasteiger partial charge in [0, 0.05) is 0 Å². The van der Waals surface area contributed by atoms with Crippen molar-refractivity contribution in [3.05, 3.63) is 12.7 Å². The molecule has 2 N–H and O–H groups in total. The molecule has 0 radical (unpaired) electrons. The molecule has 1 amide bonds.